The first-order valence-electron chi connectivity index (χ1n) is 12.5. The van der Waals surface area contributed by atoms with Crippen LogP contribution in [-0.4, -0.2) is 34.6 Å². The Balaban J connectivity index is 1.45. The summed E-state index contributed by atoms with van der Waals surface area (Å²) in [7, 11) is 1.82. The summed E-state index contributed by atoms with van der Waals surface area (Å²) >= 11 is 0. The third-order valence-electron chi connectivity index (χ3n) is 6.60. The predicted molar refractivity (Wildman–Crippen MR) is 152 cm³/mol. The molecule has 0 bridgehead atoms. The molecule has 1 atom stereocenters. The summed E-state index contributed by atoms with van der Waals surface area (Å²) in [5, 5.41) is 7.83. The number of aryl methyl sites for hydroxylation is 1. The minimum absolute atomic E-state index is 0.0778. The van der Waals surface area contributed by atoms with E-state index < -0.39 is 11.9 Å². The standard InChI is InChI=1S/C30H24N8O2/c1-19(35-29(39)25-26-22(7-6-13-32-26)16-33-28(25)31)24-18-37-14-12-21(11-10-20-15-34-36(2)17-20)27(37)30(40)38(24)23-8-4-3-5-9-23/h3-9,12-19H,1-2H3,(H2,31,33)(H,35,39)/t19-/m0/s1. The number of benzene rings is 1. The zero-order chi connectivity index (χ0) is 27.8. The number of nitrogens with one attached hydrogen (secondary N) is 1. The quantitative estimate of drug-likeness (QED) is 0.339. The molecule has 0 aliphatic rings. The summed E-state index contributed by atoms with van der Waals surface area (Å²) in [5.41, 5.74) is 9.47. The van der Waals surface area contributed by atoms with E-state index in [4.69, 9.17) is 5.73 Å². The zero-order valence-electron chi connectivity index (χ0n) is 21.7. The number of rotatable bonds is 4. The number of anilines is 1. The molecule has 10 heteroatoms. The minimum atomic E-state index is -0.587. The lowest BCUT2D eigenvalue weighted by Crippen LogP contribution is -2.33. The van der Waals surface area contributed by atoms with Crippen LogP contribution < -0.4 is 16.6 Å². The maximum atomic E-state index is 14.0. The highest BCUT2D eigenvalue weighted by molar-refractivity contribution is 6.09. The number of carbonyl (C=O) groups excluding carboxylic acids is 1. The van der Waals surface area contributed by atoms with Gasteiger partial charge in [-0.1, -0.05) is 30.0 Å². The van der Waals surface area contributed by atoms with Crippen molar-refractivity contribution in [3.63, 3.8) is 0 Å². The molecule has 1 aromatic carbocycles. The molecule has 5 aromatic heterocycles. The third kappa shape index (κ3) is 4.35. The molecule has 40 heavy (non-hydrogen) atoms. The van der Waals surface area contributed by atoms with Crippen molar-refractivity contribution in [2.24, 2.45) is 7.05 Å². The average Bonchev–Trinajstić information content (AvgIpc) is 3.57. The summed E-state index contributed by atoms with van der Waals surface area (Å²) in [6, 6.07) is 14.1. The number of amides is 1. The van der Waals surface area contributed by atoms with E-state index in [0.29, 0.717) is 33.4 Å². The minimum Gasteiger partial charge on any atom is -0.383 e. The van der Waals surface area contributed by atoms with E-state index in [-0.39, 0.29) is 16.9 Å². The van der Waals surface area contributed by atoms with Gasteiger partial charge in [-0.3, -0.25) is 23.8 Å². The highest BCUT2D eigenvalue weighted by Crippen LogP contribution is 2.23. The van der Waals surface area contributed by atoms with Crippen LogP contribution >= 0.6 is 0 Å². The van der Waals surface area contributed by atoms with Crippen LogP contribution in [0.5, 0.6) is 0 Å². The summed E-state index contributed by atoms with van der Waals surface area (Å²) in [6.45, 7) is 1.81. The zero-order valence-corrected chi connectivity index (χ0v) is 21.7. The maximum absolute atomic E-state index is 14.0. The Hall–Kier alpha value is -5.69. The lowest BCUT2D eigenvalue weighted by molar-refractivity contribution is 0.0940. The van der Waals surface area contributed by atoms with Crippen molar-refractivity contribution in [1.82, 2.24) is 34.0 Å². The Bertz CT molecular complexity index is 2030. The first kappa shape index (κ1) is 24.6. The molecule has 6 aromatic rings. The normalized spacial score (nSPS) is 11.8. The number of fused-ring (bicyclic) bond motifs is 2. The van der Waals surface area contributed by atoms with Crippen LogP contribution in [-0.2, 0) is 7.05 Å². The van der Waals surface area contributed by atoms with Crippen LogP contribution in [0.1, 0.15) is 40.1 Å². The van der Waals surface area contributed by atoms with Gasteiger partial charge in [0.05, 0.1) is 34.6 Å². The molecule has 6 rings (SSSR count). The van der Waals surface area contributed by atoms with Crippen LogP contribution in [0.3, 0.4) is 0 Å². The van der Waals surface area contributed by atoms with Crippen LogP contribution in [0.4, 0.5) is 5.82 Å². The molecule has 0 unspecified atom stereocenters. The topological polar surface area (TPSA) is 125 Å². The molecule has 0 fully saturated rings. The van der Waals surface area contributed by atoms with Crippen LogP contribution in [0, 0.1) is 11.8 Å². The average molecular weight is 529 g/mol. The predicted octanol–water partition coefficient (Wildman–Crippen LogP) is 3.24. The van der Waals surface area contributed by atoms with Gasteiger partial charge >= 0.3 is 0 Å². The van der Waals surface area contributed by atoms with Crippen molar-refractivity contribution in [3.8, 4) is 17.5 Å². The van der Waals surface area contributed by atoms with Crippen LogP contribution in [0.15, 0.2) is 90.5 Å². The van der Waals surface area contributed by atoms with Gasteiger partial charge in [-0.15, -0.1) is 0 Å². The maximum Gasteiger partial charge on any atom is 0.280 e. The molecule has 5 heterocycles. The highest BCUT2D eigenvalue weighted by Gasteiger charge is 2.23. The third-order valence-corrected chi connectivity index (χ3v) is 6.60. The largest absolute Gasteiger partial charge is 0.383 e. The fourth-order valence-corrected chi connectivity index (χ4v) is 4.70. The second kappa shape index (κ2) is 9.89. The number of nitrogen functional groups attached to an aromatic ring is 1. The molecule has 0 saturated heterocycles. The molecular formula is C30H24N8O2. The van der Waals surface area contributed by atoms with Crippen molar-refractivity contribution >= 4 is 28.1 Å². The van der Waals surface area contributed by atoms with Crippen molar-refractivity contribution in [2.45, 2.75) is 13.0 Å². The lowest BCUT2D eigenvalue weighted by atomic mass is 10.1. The van der Waals surface area contributed by atoms with E-state index in [1.165, 1.54) is 0 Å². The SMILES string of the molecule is C[C@H](NC(=O)c1c(N)ncc2cccnc12)c1cn2ccc(C#Cc3cnn(C)c3)c2c(=O)n1-c1ccccc1. The highest BCUT2D eigenvalue weighted by atomic mass is 16.2. The van der Waals surface area contributed by atoms with E-state index >= 15 is 0 Å². The molecule has 0 radical (unpaired) electrons. The first-order valence-corrected chi connectivity index (χ1v) is 12.5. The van der Waals surface area contributed by atoms with Crippen molar-refractivity contribution in [1.29, 1.82) is 0 Å². The van der Waals surface area contributed by atoms with Gasteiger partial charge < -0.3 is 15.5 Å². The number of nitrogens with zero attached hydrogens (tertiary/aromatic N) is 6. The number of hydrogen-bond donors (Lipinski definition) is 2. The first-order chi connectivity index (χ1) is 19.4. The van der Waals surface area contributed by atoms with Gasteiger partial charge in [-0.2, -0.15) is 5.10 Å². The van der Waals surface area contributed by atoms with Gasteiger partial charge in [-0.25, -0.2) is 4.98 Å². The van der Waals surface area contributed by atoms with Gasteiger partial charge in [0.25, 0.3) is 11.5 Å². The molecule has 196 valence electrons. The van der Waals surface area contributed by atoms with Gasteiger partial charge in [0.1, 0.15) is 16.9 Å². The Labute approximate surface area is 228 Å². The van der Waals surface area contributed by atoms with Crippen LogP contribution in [0.25, 0.3) is 22.1 Å². The molecule has 1 amide bonds. The Kier molecular flexibility index (Phi) is 6.09. The summed E-state index contributed by atoms with van der Waals surface area (Å²) in [5.74, 6) is 5.82. The van der Waals surface area contributed by atoms with E-state index in [2.05, 4.69) is 32.2 Å². The molecule has 0 spiro atoms. The summed E-state index contributed by atoms with van der Waals surface area (Å²) in [6.07, 6.45) is 10.3. The number of nitrogens with two attached hydrogens (primary N) is 1. The van der Waals surface area contributed by atoms with E-state index in [1.807, 2.05) is 62.8 Å². The van der Waals surface area contributed by atoms with Gasteiger partial charge in [0.2, 0.25) is 0 Å². The van der Waals surface area contributed by atoms with E-state index in [0.717, 1.165) is 5.56 Å². The smallest absolute Gasteiger partial charge is 0.280 e. The number of hydrogen-bond acceptors (Lipinski definition) is 6. The molecule has 3 N–H and O–H groups in total. The molecular weight excluding hydrogens is 504 g/mol. The fraction of sp³-hybridized carbons (Fsp3) is 0.100. The number of carbonyl (C=O) groups is 1. The Morgan fingerprint density at radius 2 is 1.85 bits per heavy atom. The lowest BCUT2D eigenvalue weighted by Gasteiger charge is -2.21. The number of pyridine rings is 2. The van der Waals surface area contributed by atoms with Crippen molar-refractivity contribution < 1.29 is 4.79 Å². The van der Waals surface area contributed by atoms with E-state index in [9.17, 15) is 9.59 Å². The van der Waals surface area contributed by atoms with Gasteiger partial charge in [0, 0.05) is 49.1 Å². The second-order valence-electron chi connectivity index (χ2n) is 9.32. The van der Waals surface area contributed by atoms with Crippen molar-refractivity contribution in [3.05, 3.63) is 118 Å². The van der Waals surface area contributed by atoms with E-state index in [1.54, 1.807) is 50.6 Å². The summed E-state index contributed by atoms with van der Waals surface area (Å²) in [4.78, 5) is 36.1. The molecule has 0 saturated carbocycles. The second-order valence-corrected chi connectivity index (χ2v) is 9.32. The monoisotopic (exact) mass is 528 g/mol. The Morgan fingerprint density at radius 1 is 1.02 bits per heavy atom. The van der Waals surface area contributed by atoms with Gasteiger partial charge in [-0.05, 0) is 37.3 Å². The molecule has 0 aliphatic carbocycles. The fourth-order valence-electron chi connectivity index (χ4n) is 4.70. The Morgan fingerprint density at radius 3 is 2.62 bits per heavy atom. The number of aromatic nitrogens is 6. The van der Waals surface area contributed by atoms with Gasteiger partial charge in [0.15, 0.2) is 0 Å². The summed E-state index contributed by atoms with van der Waals surface area (Å²) < 4.78 is 5.01. The van der Waals surface area contributed by atoms with Crippen LogP contribution in [0.2, 0.25) is 0 Å². The van der Waals surface area contributed by atoms with Crippen molar-refractivity contribution in [2.75, 3.05) is 5.73 Å². The molecule has 0 aliphatic heterocycles. The molecule has 10 nitrogen and oxygen atoms in total. The number of para-hydroxylation sites is 1.